The molecule has 1 aromatic carbocycles. The molecule has 0 atom stereocenters. The van der Waals surface area contributed by atoms with E-state index >= 15 is 0 Å². The molecule has 2 aromatic rings. The van der Waals surface area contributed by atoms with Crippen molar-refractivity contribution in [3.8, 4) is 0 Å². The van der Waals surface area contributed by atoms with Gasteiger partial charge in [0.05, 0.1) is 11.1 Å². The van der Waals surface area contributed by atoms with Crippen LogP contribution >= 0.6 is 0 Å². The first-order chi connectivity index (χ1) is 6.29. The van der Waals surface area contributed by atoms with Crippen molar-refractivity contribution in [1.82, 2.24) is 9.97 Å². The second-order valence-corrected chi connectivity index (χ2v) is 2.57. The zero-order valence-corrected chi connectivity index (χ0v) is 6.64. The first-order valence-electron chi connectivity index (χ1n) is 3.71. The van der Waals surface area contributed by atoms with Gasteiger partial charge in [0.2, 0.25) is 0 Å². The van der Waals surface area contributed by atoms with E-state index in [1.54, 1.807) is 18.3 Å². The fraction of sp³-hybridized carbons (Fsp3) is 0. The molecule has 64 valence electrons. The molecule has 0 aliphatic rings. The van der Waals surface area contributed by atoms with Crippen LogP contribution in [-0.4, -0.2) is 21.0 Å². The SMILES string of the molecule is O=C(O)c1cccc2cncnc12. The second-order valence-electron chi connectivity index (χ2n) is 2.57. The number of aromatic nitrogens is 2. The highest BCUT2D eigenvalue weighted by atomic mass is 16.4. The topological polar surface area (TPSA) is 63.1 Å². The third-order valence-electron chi connectivity index (χ3n) is 1.76. The van der Waals surface area contributed by atoms with Crippen LogP contribution in [0.4, 0.5) is 0 Å². The van der Waals surface area contributed by atoms with Crippen LogP contribution in [0.5, 0.6) is 0 Å². The molecule has 2 rings (SSSR count). The number of hydrogen-bond acceptors (Lipinski definition) is 3. The number of carbonyl (C=O) groups is 1. The normalized spacial score (nSPS) is 10.2. The largest absolute Gasteiger partial charge is 0.478 e. The van der Waals surface area contributed by atoms with Crippen molar-refractivity contribution in [2.75, 3.05) is 0 Å². The molecule has 1 aromatic heterocycles. The molecule has 0 aliphatic carbocycles. The van der Waals surface area contributed by atoms with Crippen LogP contribution < -0.4 is 0 Å². The Morgan fingerprint density at radius 1 is 1.38 bits per heavy atom. The zero-order chi connectivity index (χ0) is 9.26. The molecule has 0 fully saturated rings. The summed E-state index contributed by atoms with van der Waals surface area (Å²) < 4.78 is 0. The van der Waals surface area contributed by atoms with E-state index < -0.39 is 5.97 Å². The molecule has 0 amide bonds. The molecule has 0 saturated carbocycles. The first-order valence-corrected chi connectivity index (χ1v) is 3.71. The van der Waals surface area contributed by atoms with Gasteiger partial charge in [-0.2, -0.15) is 0 Å². The van der Waals surface area contributed by atoms with E-state index in [-0.39, 0.29) is 5.56 Å². The van der Waals surface area contributed by atoms with Gasteiger partial charge in [-0.05, 0) is 6.07 Å². The van der Waals surface area contributed by atoms with E-state index in [9.17, 15) is 4.79 Å². The van der Waals surface area contributed by atoms with Gasteiger partial charge < -0.3 is 5.11 Å². The summed E-state index contributed by atoms with van der Waals surface area (Å²) in [6, 6.07) is 4.98. The van der Waals surface area contributed by atoms with Gasteiger partial charge in [0.25, 0.3) is 0 Å². The first kappa shape index (κ1) is 7.67. The molecule has 13 heavy (non-hydrogen) atoms. The average molecular weight is 174 g/mol. The van der Waals surface area contributed by atoms with E-state index in [2.05, 4.69) is 9.97 Å². The second kappa shape index (κ2) is 2.82. The number of carboxylic acid groups (broad SMARTS) is 1. The van der Waals surface area contributed by atoms with Gasteiger partial charge >= 0.3 is 5.97 Å². The van der Waals surface area contributed by atoms with Crippen molar-refractivity contribution in [1.29, 1.82) is 0 Å². The maximum absolute atomic E-state index is 10.8. The summed E-state index contributed by atoms with van der Waals surface area (Å²) in [4.78, 5) is 18.5. The van der Waals surface area contributed by atoms with Gasteiger partial charge in [-0.15, -0.1) is 0 Å². The molecule has 1 N–H and O–H groups in total. The Bertz CT molecular complexity index is 463. The lowest BCUT2D eigenvalue weighted by Crippen LogP contribution is -1.98. The van der Waals surface area contributed by atoms with Crippen molar-refractivity contribution < 1.29 is 9.90 Å². The molecule has 0 aliphatic heterocycles. The van der Waals surface area contributed by atoms with Gasteiger partial charge in [0, 0.05) is 11.6 Å². The number of benzene rings is 1. The highest BCUT2D eigenvalue weighted by molar-refractivity contribution is 6.01. The molecule has 0 unspecified atom stereocenters. The number of hydrogen-bond donors (Lipinski definition) is 1. The fourth-order valence-electron chi connectivity index (χ4n) is 1.19. The summed E-state index contributed by atoms with van der Waals surface area (Å²) in [5, 5.41) is 9.56. The number of carboxylic acids is 1. The van der Waals surface area contributed by atoms with Gasteiger partial charge in [-0.1, -0.05) is 12.1 Å². The van der Waals surface area contributed by atoms with Crippen LogP contribution in [0.15, 0.2) is 30.7 Å². The lowest BCUT2D eigenvalue weighted by Gasteiger charge is -1.98. The van der Waals surface area contributed by atoms with Crippen LogP contribution in [0.3, 0.4) is 0 Å². The van der Waals surface area contributed by atoms with Crippen LogP contribution in [0.1, 0.15) is 10.4 Å². The Morgan fingerprint density at radius 3 is 3.00 bits per heavy atom. The number of fused-ring (bicyclic) bond motifs is 1. The maximum Gasteiger partial charge on any atom is 0.337 e. The minimum absolute atomic E-state index is 0.208. The molecule has 0 saturated heterocycles. The number of para-hydroxylation sites is 1. The monoisotopic (exact) mass is 174 g/mol. The van der Waals surface area contributed by atoms with E-state index in [4.69, 9.17) is 5.11 Å². The van der Waals surface area contributed by atoms with Gasteiger partial charge in [0.15, 0.2) is 0 Å². The Labute approximate surface area is 73.9 Å². The predicted molar refractivity (Wildman–Crippen MR) is 46.5 cm³/mol. The van der Waals surface area contributed by atoms with Crippen LogP contribution in [-0.2, 0) is 0 Å². The summed E-state index contributed by atoms with van der Waals surface area (Å²) in [5.41, 5.74) is 0.685. The van der Waals surface area contributed by atoms with Crippen molar-refractivity contribution in [3.05, 3.63) is 36.3 Å². The fourth-order valence-corrected chi connectivity index (χ4v) is 1.19. The Morgan fingerprint density at radius 2 is 2.23 bits per heavy atom. The minimum atomic E-state index is -0.968. The van der Waals surface area contributed by atoms with Gasteiger partial charge in [-0.25, -0.2) is 14.8 Å². The Balaban J connectivity index is 2.83. The standard InChI is InChI=1S/C9H6N2O2/c12-9(13)7-3-1-2-6-4-10-5-11-8(6)7/h1-5H,(H,12,13). The zero-order valence-electron chi connectivity index (χ0n) is 6.64. The Hall–Kier alpha value is -1.97. The van der Waals surface area contributed by atoms with E-state index in [1.165, 1.54) is 12.4 Å². The lowest BCUT2D eigenvalue weighted by atomic mass is 10.1. The third-order valence-corrected chi connectivity index (χ3v) is 1.76. The minimum Gasteiger partial charge on any atom is -0.478 e. The highest BCUT2D eigenvalue weighted by Crippen LogP contribution is 2.14. The predicted octanol–water partition coefficient (Wildman–Crippen LogP) is 1.33. The summed E-state index contributed by atoms with van der Waals surface area (Å²) in [6.45, 7) is 0. The van der Waals surface area contributed by atoms with Crippen LogP contribution in [0, 0.1) is 0 Å². The molecule has 0 radical (unpaired) electrons. The molecule has 4 heteroatoms. The van der Waals surface area contributed by atoms with E-state index in [1.807, 2.05) is 0 Å². The maximum atomic E-state index is 10.8. The average Bonchev–Trinajstić information content (AvgIpc) is 2.17. The molecule has 4 nitrogen and oxygen atoms in total. The third kappa shape index (κ3) is 1.22. The summed E-state index contributed by atoms with van der Waals surface area (Å²) in [5.74, 6) is -0.968. The molecular formula is C9H6N2O2. The molecule has 0 bridgehead atoms. The van der Waals surface area contributed by atoms with Crippen molar-refractivity contribution >= 4 is 16.9 Å². The number of aromatic carboxylic acids is 1. The summed E-state index contributed by atoms with van der Waals surface area (Å²) >= 11 is 0. The van der Waals surface area contributed by atoms with Crippen LogP contribution in [0.25, 0.3) is 10.9 Å². The summed E-state index contributed by atoms with van der Waals surface area (Å²) in [7, 11) is 0. The van der Waals surface area contributed by atoms with Crippen molar-refractivity contribution in [3.63, 3.8) is 0 Å². The van der Waals surface area contributed by atoms with Gasteiger partial charge in [-0.3, -0.25) is 0 Å². The molecule has 0 spiro atoms. The number of nitrogens with zero attached hydrogens (tertiary/aromatic N) is 2. The number of rotatable bonds is 1. The Kier molecular flexibility index (Phi) is 1.66. The van der Waals surface area contributed by atoms with Crippen molar-refractivity contribution in [2.45, 2.75) is 0 Å². The summed E-state index contributed by atoms with van der Waals surface area (Å²) in [6.07, 6.45) is 2.93. The van der Waals surface area contributed by atoms with Gasteiger partial charge in [0.1, 0.15) is 6.33 Å². The highest BCUT2D eigenvalue weighted by Gasteiger charge is 2.07. The van der Waals surface area contributed by atoms with E-state index in [0.717, 1.165) is 5.39 Å². The lowest BCUT2D eigenvalue weighted by molar-refractivity contribution is 0.0699. The molecule has 1 heterocycles. The quantitative estimate of drug-likeness (QED) is 0.708. The van der Waals surface area contributed by atoms with Crippen LogP contribution in [0.2, 0.25) is 0 Å². The van der Waals surface area contributed by atoms with Crippen molar-refractivity contribution in [2.24, 2.45) is 0 Å². The smallest absolute Gasteiger partial charge is 0.337 e. The molecular weight excluding hydrogens is 168 g/mol. The van der Waals surface area contributed by atoms with E-state index in [0.29, 0.717) is 5.52 Å².